The zero-order valence-corrected chi connectivity index (χ0v) is 21.3. The normalized spacial score (nSPS) is 15.3. The van der Waals surface area contributed by atoms with Crippen LogP contribution in [0.15, 0.2) is 54.9 Å². The summed E-state index contributed by atoms with van der Waals surface area (Å²) in [5.74, 6) is 3.10. The first-order chi connectivity index (χ1) is 17.5. The lowest BCUT2D eigenvalue weighted by molar-refractivity contribution is -0.116. The molecule has 2 unspecified atom stereocenters. The molecule has 2 amide bonds. The van der Waals surface area contributed by atoms with Gasteiger partial charge in [0.2, 0.25) is 5.91 Å². The number of amides is 2. The molecule has 0 aliphatic heterocycles. The first kappa shape index (κ1) is 25.5. The largest absolute Gasteiger partial charge is 0.449 e. The number of nitrogens with zero attached hydrogens (tertiary/aromatic N) is 1. The number of ether oxygens (including phenoxy) is 1. The van der Waals surface area contributed by atoms with Crippen LogP contribution in [-0.2, 0) is 28.8 Å². The quantitative estimate of drug-likeness (QED) is 0.389. The average Bonchev–Trinajstić information content (AvgIpc) is 3.24. The number of hydrogen-bond donors (Lipinski definition) is 2. The van der Waals surface area contributed by atoms with Crippen LogP contribution in [0.2, 0.25) is 0 Å². The lowest BCUT2D eigenvalue weighted by atomic mass is 9.87. The van der Waals surface area contributed by atoms with Gasteiger partial charge in [0.15, 0.2) is 0 Å². The van der Waals surface area contributed by atoms with E-state index in [4.69, 9.17) is 11.2 Å². The van der Waals surface area contributed by atoms with Crippen LogP contribution >= 0.6 is 11.3 Å². The minimum absolute atomic E-state index is 0.0377. The Morgan fingerprint density at radius 1 is 1.25 bits per heavy atom. The Balaban J connectivity index is 1.27. The SMILES string of the molecule is C#Cc1c(NC(=O)CC(C)c2ccccc2)sc2c1CCC(COC(=O)NCCc1cccnc1)C2. The van der Waals surface area contributed by atoms with E-state index in [0.717, 1.165) is 46.5 Å². The van der Waals surface area contributed by atoms with Gasteiger partial charge in [0.05, 0.1) is 12.2 Å². The van der Waals surface area contributed by atoms with Crippen molar-refractivity contribution in [3.05, 3.63) is 82.0 Å². The van der Waals surface area contributed by atoms with Crippen LogP contribution in [0, 0.1) is 18.3 Å². The summed E-state index contributed by atoms with van der Waals surface area (Å²) in [5.41, 5.74) is 4.14. The monoisotopic (exact) mass is 501 g/mol. The highest BCUT2D eigenvalue weighted by molar-refractivity contribution is 7.16. The van der Waals surface area contributed by atoms with Gasteiger partial charge in [-0.2, -0.15) is 0 Å². The van der Waals surface area contributed by atoms with Crippen LogP contribution in [-0.4, -0.2) is 30.1 Å². The number of terminal acetylenes is 1. The molecule has 2 heterocycles. The van der Waals surface area contributed by atoms with E-state index in [1.165, 1.54) is 4.88 Å². The minimum Gasteiger partial charge on any atom is -0.449 e. The van der Waals surface area contributed by atoms with E-state index in [-0.39, 0.29) is 17.7 Å². The molecule has 186 valence electrons. The topological polar surface area (TPSA) is 80.3 Å². The van der Waals surface area contributed by atoms with Gasteiger partial charge in [-0.15, -0.1) is 17.8 Å². The molecule has 6 nitrogen and oxygen atoms in total. The van der Waals surface area contributed by atoms with Crippen molar-refractivity contribution in [2.24, 2.45) is 5.92 Å². The van der Waals surface area contributed by atoms with Crippen molar-refractivity contribution in [3.63, 3.8) is 0 Å². The van der Waals surface area contributed by atoms with Crippen molar-refractivity contribution in [1.29, 1.82) is 0 Å². The highest BCUT2D eigenvalue weighted by Gasteiger charge is 2.27. The van der Waals surface area contributed by atoms with Gasteiger partial charge in [-0.05, 0) is 60.3 Å². The Hall–Kier alpha value is -3.63. The average molecular weight is 502 g/mol. The van der Waals surface area contributed by atoms with Gasteiger partial charge in [0.25, 0.3) is 0 Å². The first-order valence-corrected chi connectivity index (χ1v) is 13.1. The third kappa shape index (κ3) is 6.73. The molecular formula is C29H31N3O3S. The molecule has 2 N–H and O–H groups in total. The highest BCUT2D eigenvalue weighted by Crippen LogP contribution is 2.39. The molecule has 7 heteroatoms. The van der Waals surface area contributed by atoms with Crippen LogP contribution in [0.5, 0.6) is 0 Å². The maximum absolute atomic E-state index is 12.8. The second-order valence-corrected chi connectivity index (χ2v) is 10.3. The van der Waals surface area contributed by atoms with Gasteiger partial charge < -0.3 is 15.4 Å². The number of anilines is 1. The number of aromatic nitrogens is 1. The lowest BCUT2D eigenvalue weighted by Gasteiger charge is -2.22. The zero-order valence-electron chi connectivity index (χ0n) is 20.5. The lowest BCUT2D eigenvalue weighted by Crippen LogP contribution is -2.29. The van der Waals surface area contributed by atoms with Gasteiger partial charge in [-0.3, -0.25) is 9.78 Å². The third-order valence-corrected chi connectivity index (χ3v) is 7.65. The maximum atomic E-state index is 12.8. The first-order valence-electron chi connectivity index (χ1n) is 12.3. The molecule has 2 atom stereocenters. The number of carbonyl (C=O) groups is 2. The van der Waals surface area contributed by atoms with Crippen molar-refractivity contribution >= 4 is 28.3 Å². The van der Waals surface area contributed by atoms with Crippen molar-refractivity contribution in [1.82, 2.24) is 10.3 Å². The molecule has 3 aromatic rings. The standard InChI is InChI=1S/C29H31N3O3S/c1-3-24-25-12-11-22(19-35-29(34)31-15-13-21-8-7-14-30-18-21)17-26(25)36-28(24)32-27(33)16-20(2)23-9-5-4-6-10-23/h1,4-10,14,18,20,22H,11-13,15-17,19H2,2H3,(H,31,34)(H,32,33). The molecule has 0 saturated carbocycles. The maximum Gasteiger partial charge on any atom is 0.407 e. The minimum atomic E-state index is -0.402. The summed E-state index contributed by atoms with van der Waals surface area (Å²) in [7, 11) is 0. The Labute approximate surface area is 216 Å². The number of pyridine rings is 1. The van der Waals surface area contributed by atoms with Crippen molar-refractivity contribution < 1.29 is 14.3 Å². The third-order valence-electron chi connectivity index (χ3n) is 6.48. The van der Waals surface area contributed by atoms with E-state index in [1.807, 2.05) is 42.5 Å². The molecule has 0 spiro atoms. The number of benzene rings is 1. The second kappa shape index (κ2) is 12.4. The van der Waals surface area contributed by atoms with Crippen LogP contribution in [0.3, 0.4) is 0 Å². The molecule has 0 bridgehead atoms. The van der Waals surface area contributed by atoms with Crippen LogP contribution < -0.4 is 10.6 Å². The molecule has 1 aromatic carbocycles. The predicted molar refractivity (Wildman–Crippen MR) is 143 cm³/mol. The Morgan fingerprint density at radius 3 is 2.83 bits per heavy atom. The molecule has 4 rings (SSSR count). The van der Waals surface area contributed by atoms with Crippen molar-refractivity contribution in [2.45, 2.75) is 44.9 Å². The van der Waals surface area contributed by atoms with Gasteiger partial charge in [-0.1, -0.05) is 49.2 Å². The number of nitrogens with one attached hydrogen (secondary N) is 2. The number of rotatable bonds is 9. The molecule has 0 radical (unpaired) electrons. The molecule has 0 fully saturated rings. The number of carbonyl (C=O) groups excluding carboxylic acids is 2. The van der Waals surface area contributed by atoms with Gasteiger partial charge >= 0.3 is 6.09 Å². The van der Waals surface area contributed by atoms with E-state index >= 15 is 0 Å². The molecule has 1 aliphatic carbocycles. The van der Waals surface area contributed by atoms with E-state index in [0.29, 0.717) is 26.0 Å². The fourth-order valence-corrected chi connectivity index (χ4v) is 5.83. The zero-order chi connectivity index (χ0) is 25.3. The molecule has 2 aromatic heterocycles. The van der Waals surface area contributed by atoms with Crippen molar-refractivity contribution in [3.8, 4) is 12.3 Å². The van der Waals surface area contributed by atoms with Crippen molar-refractivity contribution in [2.75, 3.05) is 18.5 Å². The molecule has 1 aliphatic rings. The molecular weight excluding hydrogens is 470 g/mol. The van der Waals surface area contributed by atoms with E-state index < -0.39 is 6.09 Å². The molecule has 0 saturated heterocycles. The summed E-state index contributed by atoms with van der Waals surface area (Å²) in [6.45, 7) is 2.91. The van der Waals surface area contributed by atoms with Gasteiger partial charge in [0.1, 0.15) is 5.00 Å². The van der Waals surface area contributed by atoms with E-state index in [9.17, 15) is 9.59 Å². The fourth-order valence-electron chi connectivity index (χ4n) is 4.49. The van der Waals surface area contributed by atoms with Crippen LogP contribution in [0.25, 0.3) is 0 Å². The number of alkyl carbamates (subject to hydrolysis) is 1. The fraction of sp³-hybridized carbons (Fsp3) is 0.345. The van der Waals surface area contributed by atoms with Crippen LogP contribution in [0.4, 0.5) is 9.80 Å². The highest BCUT2D eigenvalue weighted by atomic mass is 32.1. The Morgan fingerprint density at radius 2 is 2.08 bits per heavy atom. The van der Waals surface area contributed by atoms with E-state index in [1.54, 1.807) is 23.7 Å². The van der Waals surface area contributed by atoms with E-state index in [2.05, 4.69) is 28.5 Å². The smallest absolute Gasteiger partial charge is 0.407 e. The molecule has 36 heavy (non-hydrogen) atoms. The number of thiophene rings is 1. The predicted octanol–water partition coefficient (Wildman–Crippen LogP) is 5.33. The summed E-state index contributed by atoms with van der Waals surface area (Å²) in [4.78, 5) is 30.1. The summed E-state index contributed by atoms with van der Waals surface area (Å²) in [6, 6.07) is 13.9. The number of fused-ring (bicyclic) bond motifs is 1. The summed E-state index contributed by atoms with van der Waals surface area (Å²) < 4.78 is 5.48. The summed E-state index contributed by atoms with van der Waals surface area (Å²) in [6.07, 6.45) is 12.5. The summed E-state index contributed by atoms with van der Waals surface area (Å²) in [5, 5.41) is 6.61. The Bertz CT molecular complexity index is 1220. The summed E-state index contributed by atoms with van der Waals surface area (Å²) >= 11 is 1.55. The van der Waals surface area contributed by atoms with Gasteiger partial charge in [0, 0.05) is 30.2 Å². The van der Waals surface area contributed by atoms with Gasteiger partial charge in [-0.25, -0.2) is 4.79 Å². The second-order valence-electron chi connectivity index (χ2n) is 9.16. The Kier molecular flexibility index (Phi) is 8.75. The number of hydrogen-bond acceptors (Lipinski definition) is 5. The van der Waals surface area contributed by atoms with Crippen LogP contribution in [0.1, 0.15) is 52.8 Å².